The summed E-state index contributed by atoms with van der Waals surface area (Å²) in [5.41, 5.74) is 0. The second-order valence-corrected chi connectivity index (χ2v) is 5.12. The second-order valence-electron chi connectivity index (χ2n) is 4.09. The number of aliphatic carboxylic acids is 1. The van der Waals surface area contributed by atoms with Gasteiger partial charge in [-0.1, -0.05) is 12.0 Å². The molecule has 19 heavy (non-hydrogen) atoms. The van der Waals surface area contributed by atoms with Gasteiger partial charge in [0, 0.05) is 17.3 Å². The third-order valence-electron chi connectivity index (χ3n) is 2.35. The number of carboxylic acid groups (broad SMARTS) is 1. The molecule has 6 heteroatoms. The third-order valence-corrected chi connectivity index (χ3v) is 3.25. The molecule has 0 radical (unpaired) electrons. The summed E-state index contributed by atoms with van der Waals surface area (Å²) in [6.45, 7) is 1.44. The molecule has 1 aromatic rings. The molecule has 0 aromatic carbocycles. The minimum absolute atomic E-state index is 0.0240. The van der Waals surface area contributed by atoms with Gasteiger partial charge in [0.15, 0.2) is 0 Å². The molecular weight excluding hydrogens is 264 g/mol. The Morgan fingerprint density at radius 1 is 1.63 bits per heavy atom. The van der Waals surface area contributed by atoms with Gasteiger partial charge in [0.2, 0.25) is 0 Å². The maximum Gasteiger partial charge on any atom is 0.323 e. The van der Waals surface area contributed by atoms with Gasteiger partial charge in [0.25, 0.3) is 0 Å². The highest BCUT2D eigenvalue weighted by molar-refractivity contribution is 7.09. The zero-order valence-corrected chi connectivity index (χ0v) is 11.4. The molecular formula is C13H16N2O3S. The molecule has 0 aliphatic rings. The molecule has 0 aliphatic carbocycles. The Hall–Kier alpha value is -2.00. The first-order valence-corrected chi connectivity index (χ1v) is 6.64. The zero-order chi connectivity index (χ0) is 14.3. The molecule has 1 aromatic heterocycles. The van der Waals surface area contributed by atoms with Gasteiger partial charge >= 0.3 is 12.0 Å². The lowest BCUT2D eigenvalue weighted by Gasteiger charge is -2.21. The maximum absolute atomic E-state index is 11.9. The number of thiophene rings is 1. The fourth-order valence-corrected chi connectivity index (χ4v) is 2.39. The highest BCUT2D eigenvalue weighted by Crippen LogP contribution is 2.11. The van der Waals surface area contributed by atoms with Gasteiger partial charge in [-0.3, -0.25) is 4.79 Å². The van der Waals surface area contributed by atoms with Crippen molar-refractivity contribution in [3.63, 3.8) is 0 Å². The topological polar surface area (TPSA) is 69.6 Å². The zero-order valence-electron chi connectivity index (χ0n) is 10.6. The first kappa shape index (κ1) is 15.1. The number of rotatable bonds is 6. The van der Waals surface area contributed by atoms with E-state index in [1.807, 2.05) is 24.4 Å². The smallest absolute Gasteiger partial charge is 0.323 e. The summed E-state index contributed by atoms with van der Waals surface area (Å²) in [6.07, 6.45) is 5.83. The number of amides is 2. The van der Waals surface area contributed by atoms with E-state index in [4.69, 9.17) is 11.5 Å². The van der Waals surface area contributed by atoms with E-state index < -0.39 is 18.5 Å². The lowest BCUT2D eigenvalue weighted by Crippen LogP contribution is -2.46. The fraction of sp³-hybridized carbons (Fsp3) is 0.385. The number of terminal acetylenes is 1. The lowest BCUT2D eigenvalue weighted by atomic mass is 10.2. The van der Waals surface area contributed by atoms with Crippen LogP contribution in [-0.4, -0.2) is 41.1 Å². The first-order valence-electron chi connectivity index (χ1n) is 5.76. The normalized spacial score (nSPS) is 11.4. The van der Waals surface area contributed by atoms with Crippen LogP contribution in [0, 0.1) is 12.3 Å². The predicted octanol–water partition coefficient (Wildman–Crippen LogP) is 1.41. The van der Waals surface area contributed by atoms with Crippen molar-refractivity contribution in [2.45, 2.75) is 19.4 Å². The number of urea groups is 1. The number of hydrogen-bond donors (Lipinski definition) is 2. The van der Waals surface area contributed by atoms with Gasteiger partial charge in [0.1, 0.15) is 6.54 Å². The van der Waals surface area contributed by atoms with Crippen molar-refractivity contribution in [2.24, 2.45) is 0 Å². The van der Waals surface area contributed by atoms with E-state index in [9.17, 15) is 9.59 Å². The SMILES string of the molecule is C#CCN(CC(=O)O)C(=O)NC(C)Cc1cccs1. The van der Waals surface area contributed by atoms with Crippen molar-refractivity contribution in [1.82, 2.24) is 10.2 Å². The van der Waals surface area contributed by atoms with E-state index >= 15 is 0 Å². The van der Waals surface area contributed by atoms with Crippen LogP contribution >= 0.6 is 11.3 Å². The van der Waals surface area contributed by atoms with E-state index in [0.717, 1.165) is 9.78 Å². The Bertz CT molecular complexity index is 465. The Balaban J connectivity index is 2.51. The van der Waals surface area contributed by atoms with Crippen LogP contribution in [0.3, 0.4) is 0 Å². The van der Waals surface area contributed by atoms with Crippen molar-refractivity contribution >= 4 is 23.3 Å². The quantitative estimate of drug-likeness (QED) is 0.774. The second kappa shape index (κ2) is 7.44. The third kappa shape index (κ3) is 5.44. The van der Waals surface area contributed by atoms with Gasteiger partial charge in [-0.2, -0.15) is 0 Å². The molecule has 0 spiro atoms. The number of carbonyl (C=O) groups excluding carboxylic acids is 1. The highest BCUT2D eigenvalue weighted by atomic mass is 32.1. The number of carbonyl (C=O) groups is 2. The maximum atomic E-state index is 11.9. The van der Waals surface area contributed by atoms with E-state index in [-0.39, 0.29) is 12.6 Å². The minimum Gasteiger partial charge on any atom is -0.480 e. The highest BCUT2D eigenvalue weighted by Gasteiger charge is 2.17. The fourth-order valence-electron chi connectivity index (χ4n) is 1.56. The predicted molar refractivity (Wildman–Crippen MR) is 74.1 cm³/mol. The van der Waals surface area contributed by atoms with Crippen molar-refractivity contribution in [1.29, 1.82) is 0 Å². The first-order chi connectivity index (χ1) is 9.02. The van der Waals surface area contributed by atoms with E-state index in [1.54, 1.807) is 11.3 Å². The van der Waals surface area contributed by atoms with Crippen molar-refractivity contribution in [3.05, 3.63) is 22.4 Å². The molecule has 0 saturated carbocycles. The Labute approximate surface area is 116 Å². The molecule has 5 nitrogen and oxygen atoms in total. The number of carboxylic acids is 1. The molecule has 0 aliphatic heterocycles. The summed E-state index contributed by atoms with van der Waals surface area (Å²) in [5.74, 6) is 1.19. The van der Waals surface area contributed by atoms with E-state index in [1.165, 1.54) is 0 Å². The summed E-state index contributed by atoms with van der Waals surface area (Å²) < 4.78 is 0. The van der Waals surface area contributed by atoms with Crippen molar-refractivity contribution in [2.75, 3.05) is 13.1 Å². The van der Waals surface area contributed by atoms with E-state index in [2.05, 4.69) is 11.2 Å². The van der Waals surface area contributed by atoms with Crippen molar-refractivity contribution < 1.29 is 14.7 Å². The number of nitrogens with zero attached hydrogens (tertiary/aromatic N) is 1. The van der Waals surface area contributed by atoms with E-state index in [0.29, 0.717) is 6.42 Å². The molecule has 1 atom stereocenters. The summed E-state index contributed by atoms with van der Waals surface area (Å²) in [5, 5.41) is 13.4. The monoisotopic (exact) mass is 280 g/mol. The summed E-state index contributed by atoms with van der Waals surface area (Å²) in [6, 6.07) is 3.40. The minimum atomic E-state index is -1.09. The van der Waals surface area contributed by atoms with Crippen LogP contribution in [0.1, 0.15) is 11.8 Å². The molecule has 1 heterocycles. The number of nitrogens with one attached hydrogen (secondary N) is 1. The average Bonchev–Trinajstić information content (AvgIpc) is 2.80. The molecule has 2 amide bonds. The van der Waals surface area contributed by atoms with Crippen LogP contribution in [0.4, 0.5) is 4.79 Å². The van der Waals surface area contributed by atoms with Gasteiger partial charge in [-0.15, -0.1) is 17.8 Å². The van der Waals surface area contributed by atoms with Gasteiger partial charge < -0.3 is 15.3 Å². The summed E-state index contributed by atoms with van der Waals surface area (Å²) in [7, 11) is 0. The Morgan fingerprint density at radius 2 is 2.37 bits per heavy atom. The average molecular weight is 280 g/mol. The molecule has 1 unspecified atom stereocenters. The molecule has 0 bridgehead atoms. The van der Waals surface area contributed by atoms with Gasteiger partial charge in [-0.05, 0) is 18.4 Å². The van der Waals surface area contributed by atoms with Gasteiger partial charge in [-0.25, -0.2) is 4.79 Å². The van der Waals surface area contributed by atoms with Crippen LogP contribution in [0.15, 0.2) is 17.5 Å². The molecule has 0 saturated heterocycles. The molecule has 1 rings (SSSR count). The molecule has 0 fully saturated rings. The standard InChI is InChI=1S/C13H16N2O3S/c1-3-6-15(9-12(16)17)13(18)14-10(2)8-11-5-4-7-19-11/h1,4-5,7,10H,6,8-9H2,2H3,(H,14,18)(H,16,17). The Morgan fingerprint density at radius 3 is 2.89 bits per heavy atom. The number of hydrogen-bond acceptors (Lipinski definition) is 3. The van der Waals surface area contributed by atoms with Crippen LogP contribution in [0.25, 0.3) is 0 Å². The molecule has 102 valence electrons. The largest absolute Gasteiger partial charge is 0.480 e. The van der Waals surface area contributed by atoms with Crippen molar-refractivity contribution in [3.8, 4) is 12.3 Å². The van der Waals surface area contributed by atoms with Gasteiger partial charge in [0.05, 0.1) is 6.54 Å². The Kier molecular flexibility index (Phi) is 5.90. The van der Waals surface area contributed by atoms with Crippen LogP contribution in [0.2, 0.25) is 0 Å². The van der Waals surface area contributed by atoms with Crippen LogP contribution in [-0.2, 0) is 11.2 Å². The molecule has 2 N–H and O–H groups in total. The van der Waals surface area contributed by atoms with Crippen LogP contribution in [0.5, 0.6) is 0 Å². The summed E-state index contributed by atoms with van der Waals surface area (Å²) >= 11 is 1.62. The van der Waals surface area contributed by atoms with Crippen LogP contribution < -0.4 is 5.32 Å². The lowest BCUT2D eigenvalue weighted by molar-refractivity contribution is -0.137. The summed E-state index contributed by atoms with van der Waals surface area (Å²) in [4.78, 5) is 24.8.